The van der Waals surface area contributed by atoms with Gasteiger partial charge in [-0.15, -0.1) is 0 Å². The fourth-order valence-corrected chi connectivity index (χ4v) is 2.14. The van der Waals surface area contributed by atoms with E-state index >= 15 is 0 Å². The molecule has 0 spiro atoms. The Morgan fingerprint density at radius 2 is 1.75 bits per heavy atom. The first kappa shape index (κ1) is 16.7. The molecule has 1 aliphatic rings. The Kier molecular flexibility index (Phi) is 5.76. The van der Waals surface area contributed by atoms with E-state index in [4.69, 9.17) is 0 Å². The smallest absolute Gasteiger partial charge is 0.319 e. The molecule has 0 radical (unpaired) electrons. The highest BCUT2D eigenvalue weighted by molar-refractivity contribution is 5.80. The zero-order chi connectivity index (χ0) is 15.3. The summed E-state index contributed by atoms with van der Waals surface area (Å²) in [6.45, 7) is 2.06. The number of amides is 3. The lowest BCUT2D eigenvalue weighted by Gasteiger charge is -2.35. The van der Waals surface area contributed by atoms with Crippen LogP contribution in [0, 0.1) is 5.92 Å². The van der Waals surface area contributed by atoms with Gasteiger partial charge >= 0.3 is 6.03 Å². The molecule has 1 fully saturated rings. The maximum Gasteiger partial charge on any atom is 0.319 e. The van der Waals surface area contributed by atoms with E-state index in [9.17, 15) is 19.8 Å². The summed E-state index contributed by atoms with van der Waals surface area (Å²) in [5, 5.41) is 21.0. The second-order valence-corrected chi connectivity index (χ2v) is 5.80. The van der Waals surface area contributed by atoms with Crippen LogP contribution in [0.25, 0.3) is 0 Å². The number of likely N-dealkylation sites (tertiary alicyclic amines) is 1. The number of aliphatic hydroxyl groups is 2. The average Bonchev–Trinajstić information content (AvgIpc) is 2.46. The van der Waals surface area contributed by atoms with Crippen LogP contribution in [-0.4, -0.2) is 77.9 Å². The second kappa shape index (κ2) is 6.90. The first-order chi connectivity index (χ1) is 9.33. The Bertz CT molecular complexity index is 348. The summed E-state index contributed by atoms with van der Waals surface area (Å²) in [4.78, 5) is 27.1. The summed E-state index contributed by atoms with van der Waals surface area (Å²) in [5.41, 5.74) is -0.992. The number of urea groups is 1. The van der Waals surface area contributed by atoms with Gasteiger partial charge in [-0.2, -0.15) is 0 Å². The Morgan fingerprint density at radius 3 is 2.15 bits per heavy atom. The molecule has 1 heterocycles. The van der Waals surface area contributed by atoms with E-state index in [1.807, 2.05) is 0 Å². The quantitative estimate of drug-likeness (QED) is 0.633. The number of aliphatic hydroxyl groups excluding tert-OH is 2. The second-order valence-electron chi connectivity index (χ2n) is 5.80. The molecule has 3 N–H and O–H groups in total. The van der Waals surface area contributed by atoms with E-state index in [2.05, 4.69) is 5.32 Å². The standard InChI is InChI=1S/C13H25N3O4/c1-13(8-17,9-18)14-11(19)10-4-6-16(7-5-10)12(20)15(2)3/h10,17-18H,4-9H2,1-3H3,(H,14,19). The van der Waals surface area contributed by atoms with Crippen molar-refractivity contribution in [2.45, 2.75) is 25.3 Å². The number of carbonyl (C=O) groups excluding carboxylic acids is 2. The van der Waals surface area contributed by atoms with Gasteiger partial charge in [-0.3, -0.25) is 4.79 Å². The van der Waals surface area contributed by atoms with Crippen molar-refractivity contribution in [1.29, 1.82) is 0 Å². The molecule has 0 aromatic heterocycles. The molecule has 1 aliphatic heterocycles. The maximum absolute atomic E-state index is 12.1. The largest absolute Gasteiger partial charge is 0.394 e. The molecule has 0 saturated carbocycles. The van der Waals surface area contributed by atoms with Crippen LogP contribution in [0.4, 0.5) is 4.79 Å². The highest BCUT2D eigenvalue weighted by atomic mass is 16.3. The van der Waals surface area contributed by atoms with Crippen molar-refractivity contribution in [1.82, 2.24) is 15.1 Å². The van der Waals surface area contributed by atoms with Crippen LogP contribution in [0.3, 0.4) is 0 Å². The highest BCUT2D eigenvalue weighted by Crippen LogP contribution is 2.19. The minimum Gasteiger partial charge on any atom is -0.394 e. The molecule has 0 atom stereocenters. The maximum atomic E-state index is 12.1. The van der Waals surface area contributed by atoms with Crippen molar-refractivity contribution in [2.24, 2.45) is 5.92 Å². The minimum absolute atomic E-state index is 0.0422. The Morgan fingerprint density at radius 1 is 1.25 bits per heavy atom. The number of nitrogens with zero attached hydrogens (tertiary/aromatic N) is 2. The first-order valence-corrected chi connectivity index (χ1v) is 6.83. The summed E-state index contributed by atoms with van der Waals surface area (Å²) in [5.74, 6) is -0.355. The van der Waals surface area contributed by atoms with Gasteiger partial charge in [0.05, 0.1) is 18.8 Å². The van der Waals surface area contributed by atoms with Gasteiger partial charge in [-0.05, 0) is 19.8 Å². The minimum atomic E-state index is -0.992. The molecular formula is C13H25N3O4. The van der Waals surface area contributed by atoms with E-state index in [-0.39, 0.29) is 31.1 Å². The monoisotopic (exact) mass is 287 g/mol. The van der Waals surface area contributed by atoms with Gasteiger partial charge < -0.3 is 25.3 Å². The van der Waals surface area contributed by atoms with Gasteiger partial charge in [-0.1, -0.05) is 0 Å². The summed E-state index contributed by atoms with van der Waals surface area (Å²) >= 11 is 0. The van der Waals surface area contributed by atoms with Crippen molar-refractivity contribution in [3.63, 3.8) is 0 Å². The van der Waals surface area contributed by atoms with E-state index < -0.39 is 5.54 Å². The molecule has 3 amide bonds. The predicted octanol–water partition coefficient (Wildman–Crippen LogP) is -0.760. The lowest BCUT2D eigenvalue weighted by Crippen LogP contribution is -2.55. The van der Waals surface area contributed by atoms with E-state index in [1.165, 1.54) is 4.90 Å². The topological polar surface area (TPSA) is 93.1 Å². The fourth-order valence-electron chi connectivity index (χ4n) is 2.14. The summed E-state index contributed by atoms with van der Waals surface area (Å²) in [6, 6.07) is -0.0422. The molecule has 0 aliphatic carbocycles. The van der Waals surface area contributed by atoms with Crippen LogP contribution in [0.15, 0.2) is 0 Å². The lowest BCUT2D eigenvalue weighted by atomic mass is 9.94. The molecule has 0 unspecified atom stereocenters. The Labute approximate surface area is 119 Å². The van der Waals surface area contributed by atoms with Crippen molar-refractivity contribution in [3.05, 3.63) is 0 Å². The molecule has 0 bridgehead atoms. The zero-order valence-corrected chi connectivity index (χ0v) is 12.4. The van der Waals surface area contributed by atoms with Gasteiger partial charge in [0.1, 0.15) is 0 Å². The average molecular weight is 287 g/mol. The first-order valence-electron chi connectivity index (χ1n) is 6.83. The predicted molar refractivity (Wildman–Crippen MR) is 74.1 cm³/mol. The van der Waals surface area contributed by atoms with Crippen molar-refractivity contribution in [3.8, 4) is 0 Å². The summed E-state index contributed by atoms with van der Waals surface area (Å²) in [6.07, 6.45) is 1.19. The summed E-state index contributed by atoms with van der Waals surface area (Å²) < 4.78 is 0. The SMILES string of the molecule is CN(C)C(=O)N1CCC(C(=O)NC(C)(CO)CO)CC1. The Balaban J connectivity index is 2.49. The third-order valence-corrected chi connectivity index (χ3v) is 3.64. The third-order valence-electron chi connectivity index (χ3n) is 3.64. The molecule has 0 aromatic carbocycles. The molecule has 116 valence electrons. The number of piperidine rings is 1. The van der Waals surface area contributed by atoms with Gasteiger partial charge in [0.25, 0.3) is 0 Å². The molecular weight excluding hydrogens is 262 g/mol. The number of rotatable bonds is 4. The number of carbonyl (C=O) groups is 2. The van der Waals surface area contributed by atoms with Crippen LogP contribution < -0.4 is 5.32 Å². The summed E-state index contributed by atoms with van der Waals surface area (Å²) in [7, 11) is 3.41. The molecule has 20 heavy (non-hydrogen) atoms. The van der Waals surface area contributed by atoms with Crippen LogP contribution in [0.1, 0.15) is 19.8 Å². The van der Waals surface area contributed by atoms with Gasteiger partial charge in [0.2, 0.25) is 5.91 Å². The Hall–Kier alpha value is -1.34. The molecule has 1 rings (SSSR count). The van der Waals surface area contributed by atoms with Gasteiger partial charge in [0, 0.05) is 33.1 Å². The molecule has 7 nitrogen and oxygen atoms in total. The number of nitrogens with one attached hydrogen (secondary N) is 1. The molecule has 0 aromatic rings. The van der Waals surface area contributed by atoms with Gasteiger partial charge in [0.15, 0.2) is 0 Å². The van der Waals surface area contributed by atoms with Crippen molar-refractivity contribution < 1.29 is 19.8 Å². The van der Waals surface area contributed by atoms with E-state index in [0.29, 0.717) is 25.9 Å². The third kappa shape index (κ3) is 4.08. The molecule has 7 heteroatoms. The van der Waals surface area contributed by atoms with Crippen LogP contribution >= 0.6 is 0 Å². The van der Waals surface area contributed by atoms with E-state index in [1.54, 1.807) is 25.9 Å². The number of hydrogen-bond donors (Lipinski definition) is 3. The normalized spacial score (nSPS) is 16.9. The zero-order valence-electron chi connectivity index (χ0n) is 12.4. The lowest BCUT2D eigenvalue weighted by molar-refractivity contribution is -0.129. The van der Waals surface area contributed by atoms with Gasteiger partial charge in [-0.25, -0.2) is 4.79 Å². The van der Waals surface area contributed by atoms with Crippen LogP contribution in [0.5, 0.6) is 0 Å². The van der Waals surface area contributed by atoms with Crippen molar-refractivity contribution >= 4 is 11.9 Å². The highest BCUT2D eigenvalue weighted by Gasteiger charge is 2.32. The van der Waals surface area contributed by atoms with E-state index in [0.717, 1.165) is 0 Å². The number of hydrogen-bond acceptors (Lipinski definition) is 4. The van der Waals surface area contributed by atoms with Crippen LogP contribution in [-0.2, 0) is 4.79 Å². The van der Waals surface area contributed by atoms with Crippen LogP contribution in [0.2, 0.25) is 0 Å². The van der Waals surface area contributed by atoms with Crippen molar-refractivity contribution in [2.75, 3.05) is 40.4 Å². The molecule has 1 saturated heterocycles. The fraction of sp³-hybridized carbons (Fsp3) is 0.846.